The van der Waals surface area contributed by atoms with E-state index in [9.17, 15) is 0 Å². The SMILES string of the molecule is CCOC1(CN)CCCC1OC. The highest BCUT2D eigenvalue weighted by Gasteiger charge is 2.42. The van der Waals surface area contributed by atoms with Crippen molar-refractivity contribution in [3.05, 3.63) is 0 Å². The molecule has 0 aliphatic heterocycles. The molecule has 1 aliphatic carbocycles. The molecule has 0 amide bonds. The molecule has 0 saturated heterocycles. The van der Waals surface area contributed by atoms with E-state index in [1.165, 1.54) is 0 Å². The van der Waals surface area contributed by atoms with Gasteiger partial charge in [-0.1, -0.05) is 0 Å². The summed E-state index contributed by atoms with van der Waals surface area (Å²) in [4.78, 5) is 0. The van der Waals surface area contributed by atoms with E-state index >= 15 is 0 Å². The smallest absolute Gasteiger partial charge is 0.106 e. The molecule has 0 aromatic rings. The van der Waals surface area contributed by atoms with Crippen LogP contribution < -0.4 is 5.73 Å². The summed E-state index contributed by atoms with van der Waals surface area (Å²) in [5.41, 5.74) is 5.52. The molecule has 3 heteroatoms. The average molecular weight is 173 g/mol. The van der Waals surface area contributed by atoms with Gasteiger partial charge in [0.25, 0.3) is 0 Å². The first-order valence-corrected chi connectivity index (χ1v) is 4.66. The second kappa shape index (κ2) is 4.21. The molecule has 12 heavy (non-hydrogen) atoms. The second-order valence-corrected chi connectivity index (χ2v) is 3.32. The summed E-state index contributed by atoms with van der Waals surface area (Å²) in [6.07, 6.45) is 3.47. The van der Waals surface area contributed by atoms with Gasteiger partial charge in [0, 0.05) is 20.3 Å². The summed E-state index contributed by atoms with van der Waals surface area (Å²) in [5.74, 6) is 0. The molecule has 0 heterocycles. The van der Waals surface area contributed by atoms with E-state index in [0.717, 1.165) is 25.9 Å². The lowest BCUT2D eigenvalue weighted by Crippen LogP contribution is -2.48. The summed E-state index contributed by atoms with van der Waals surface area (Å²) in [7, 11) is 1.74. The molecule has 0 bridgehead atoms. The van der Waals surface area contributed by atoms with E-state index in [-0.39, 0.29) is 11.7 Å². The Morgan fingerprint density at radius 3 is 2.83 bits per heavy atom. The Hall–Kier alpha value is -0.120. The van der Waals surface area contributed by atoms with Crippen LogP contribution in [0.5, 0.6) is 0 Å². The third-order valence-corrected chi connectivity index (χ3v) is 2.71. The molecule has 0 aromatic heterocycles. The molecule has 72 valence electrons. The number of ether oxygens (including phenoxy) is 2. The maximum Gasteiger partial charge on any atom is 0.106 e. The Morgan fingerprint density at radius 2 is 2.33 bits per heavy atom. The van der Waals surface area contributed by atoms with Gasteiger partial charge in [-0.25, -0.2) is 0 Å². The van der Waals surface area contributed by atoms with E-state index in [0.29, 0.717) is 6.54 Å². The van der Waals surface area contributed by atoms with Crippen LogP contribution in [0.2, 0.25) is 0 Å². The normalized spacial score (nSPS) is 35.8. The molecule has 0 aromatic carbocycles. The van der Waals surface area contributed by atoms with Crippen molar-refractivity contribution in [3.63, 3.8) is 0 Å². The largest absolute Gasteiger partial charge is 0.378 e. The maximum atomic E-state index is 5.72. The monoisotopic (exact) mass is 173 g/mol. The van der Waals surface area contributed by atoms with Crippen LogP contribution in [0.25, 0.3) is 0 Å². The fourth-order valence-electron chi connectivity index (χ4n) is 2.09. The van der Waals surface area contributed by atoms with Crippen molar-refractivity contribution in [2.45, 2.75) is 37.9 Å². The van der Waals surface area contributed by atoms with Crippen LogP contribution in [0.1, 0.15) is 26.2 Å². The highest BCUT2D eigenvalue weighted by atomic mass is 16.5. The lowest BCUT2D eigenvalue weighted by atomic mass is 10.00. The summed E-state index contributed by atoms with van der Waals surface area (Å²) in [6, 6.07) is 0. The van der Waals surface area contributed by atoms with Crippen LogP contribution in [0, 0.1) is 0 Å². The first kappa shape index (κ1) is 9.96. The third-order valence-electron chi connectivity index (χ3n) is 2.71. The van der Waals surface area contributed by atoms with Gasteiger partial charge in [-0.2, -0.15) is 0 Å². The molecular weight excluding hydrogens is 154 g/mol. The van der Waals surface area contributed by atoms with Gasteiger partial charge in [-0.05, 0) is 26.2 Å². The quantitative estimate of drug-likeness (QED) is 0.687. The minimum absolute atomic E-state index is 0.191. The van der Waals surface area contributed by atoms with Crippen LogP contribution in [-0.2, 0) is 9.47 Å². The van der Waals surface area contributed by atoms with Gasteiger partial charge < -0.3 is 15.2 Å². The van der Waals surface area contributed by atoms with Crippen molar-refractivity contribution < 1.29 is 9.47 Å². The number of methoxy groups -OCH3 is 1. The van der Waals surface area contributed by atoms with E-state index in [1.807, 2.05) is 6.92 Å². The van der Waals surface area contributed by atoms with E-state index in [2.05, 4.69) is 0 Å². The lowest BCUT2D eigenvalue weighted by Gasteiger charge is -2.33. The molecule has 1 rings (SSSR count). The van der Waals surface area contributed by atoms with Gasteiger partial charge in [0.1, 0.15) is 5.60 Å². The first-order valence-electron chi connectivity index (χ1n) is 4.66. The molecule has 3 nitrogen and oxygen atoms in total. The first-order chi connectivity index (χ1) is 5.79. The van der Waals surface area contributed by atoms with Crippen molar-refractivity contribution in [1.29, 1.82) is 0 Å². The topological polar surface area (TPSA) is 44.5 Å². The Bertz CT molecular complexity index is 140. The molecule has 2 atom stereocenters. The standard InChI is InChI=1S/C9H19NO2/c1-3-12-9(7-10)6-4-5-8(9)11-2/h8H,3-7,10H2,1-2H3. The molecule has 1 aliphatic rings. The van der Waals surface area contributed by atoms with E-state index in [1.54, 1.807) is 7.11 Å². The Kier molecular flexibility index (Phi) is 3.50. The van der Waals surface area contributed by atoms with Crippen LogP contribution >= 0.6 is 0 Å². The van der Waals surface area contributed by atoms with Gasteiger partial charge in [0.15, 0.2) is 0 Å². The Labute approximate surface area is 74.2 Å². The predicted molar refractivity (Wildman–Crippen MR) is 48.1 cm³/mol. The third kappa shape index (κ3) is 1.63. The van der Waals surface area contributed by atoms with E-state index < -0.39 is 0 Å². The number of hydrogen-bond donors (Lipinski definition) is 1. The maximum absolute atomic E-state index is 5.72. The van der Waals surface area contributed by atoms with Gasteiger partial charge in [0.2, 0.25) is 0 Å². The van der Waals surface area contributed by atoms with Gasteiger partial charge in [-0.3, -0.25) is 0 Å². The van der Waals surface area contributed by atoms with Crippen LogP contribution in [0.4, 0.5) is 0 Å². The highest BCUT2D eigenvalue weighted by molar-refractivity contribution is 4.96. The molecule has 1 fully saturated rings. The summed E-state index contributed by atoms with van der Waals surface area (Å²) in [5, 5.41) is 0. The summed E-state index contributed by atoms with van der Waals surface area (Å²) in [6.45, 7) is 3.29. The molecular formula is C9H19NO2. The van der Waals surface area contributed by atoms with Crippen molar-refractivity contribution in [2.24, 2.45) is 5.73 Å². The summed E-state index contributed by atoms with van der Waals surface area (Å²) >= 11 is 0. The Morgan fingerprint density at radius 1 is 1.58 bits per heavy atom. The zero-order valence-corrected chi connectivity index (χ0v) is 8.01. The zero-order chi connectivity index (χ0) is 9.03. The fourth-order valence-corrected chi connectivity index (χ4v) is 2.09. The molecule has 2 unspecified atom stereocenters. The van der Waals surface area contributed by atoms with Gasteiger partial charge in [0.05, 0.1) is 6.10 Å². The van der Waals surface area contributed by atoms with E-state index in [4.69, 9.17) is 15.2 Å². The molecule has 1 saturated carbocycles. The summed E-state index contributed by atoms with van der Waals surface area (Å²) < 4.78 is 11.1. The average Bonchev–Trinajstić information content (AvgIpc) is 2.49. The van der Waals surface area contributed by atoms with Crippen molar-refractivity contribution in [2.75, 3.05) is 20.3 Å². The minimum atomic E-state index is -0.191. The minimum Gasteiger partial charge on any atom is -0.378 e. The number of hydrogen-bond acceptors (Lipinski definition) is 3. The number of rotatable bonds is 4. The molecule has 2 N–H and O–H groups in total. The van der Waals surface area contributed by atoms with Crippen LogP contribution in [0.3, 0.4) is 0 Å². The van der Waals surface area contributed by atoms with Crippen molar-refractivity contribution >= 4 is 0 Å². The Balaban J connectivity index is 2.61. The number of nitrogens with two attached hydrogens (primary N) is 1. The second-order valence-electron chi connectivity index (χ2n) is 3.32. The molecule has 0 spiro atoms. The van der Waals surface area contributed by atoms with Gasteiger partial charge >= 0.3 is 0 Å². The van der Waals surface area contributed by atoms with Crippen molar-refractivity contribution in [3.8, 4) is 0 Å². The lowest BCUT2D eigenvalue weighted by molar-refractivity contribution is -0.109. The highest BCUT2D eigenvalue weighted by Crippen LogP contribution is 2.34. The molecule has 0 radical (unpaired) electrons. The van der Waals surface area contributed by atoms with Gasteiger partial charge in [-0.15, -0.1) is 0 Å². The predicted octanol–water partition coefficient (Wildman–Crippen LogP) is 0.919. The zero-order valence-electron chi connectivity index (χ0n) is 8.01. The van der Waals surface area contributed by atoms with Crippen LogP contribution in [0.15, 0.2) is 0 Å². The van der Waals surface area contributed by atoms with Crippen LogP contribution in [-0.4, -0.2) is 32.0 Å². The van der Waals surface area contributed by atoms with Crippen molar-refractivity contribution in [1.82, 2.24) is 0 Å². The fraction of sp³-hybridized carbons (Fsp3) is 1.00.